The van der Waals surface area contributed by atoms with E-state index in [2.05, 4.69) is 20.4 Å². The molecule has 0 aliphatic rings. The fourth-order valence-electron chi connectivity index (χ4n) is 1.94. The third-order valence-corrected chi connectivity index (χ3v) is 3.92. The fourth-order valence-corrected chi connectivity index (χ4v) is 2.56. The number of nitrogens with one attached hydrogen (secondary N) is 2. The molecule has 3 rings (SSSR count). The lowest BCUT2D eigenvalue weighted by atomic mass is 10.3. The predicted octanol–water partition coefficient (Wildman–Crippen LogP) is 4.14. The molecule has 2 heterocycles. The molecule has 0 saturated carbocycles. The second-order valence-electron chi connectivity index (χ2n) is 5.00. The van der Waals surface area contributed by atoms with E-state index < -0.39 is 23.9 Å². The number of benzene rings is 1. The molecule has 140 valence electrons. The van der Waals surface area contributed by atoms with Gasteiger partial charge in [0.15, 0.2) is 5.69 Å². The Morgan fingerprint density at radius 3 is 2.44 bits per heavy atom. The first kappa shape index (κ1) is 18.5. The summed E-state index contributed by atoms with van der Waals surface area (Å²) < 4.78 is 45.1. The van der Waals surface area contributed by atoms with Crippen molar-refractivity contribution in [3.63, 3.8) is 0 Å². The molecule has 7 nitrogen and oxygen atoms in total. The Morgan fingerprint density at radius 1 is 1.07 bits per heavy atom. The first-order valence-corrected chi connectivity index (χ1v) is 8.16. The molecule has 0 saturated heterocycles. The van der Waals surface area contributed by atoms with Crippen LogP contribution in [0.3, 0.4) is 0 Å². The second-order valence-corrected chi connectivity index (χ2v) is 5.94. The zero-order chi connectivity index (χ0) is 19.4. The van der Waals surface area contributed by atoms with Gasteiger partial charge < -0.3 is 14.5 Å². The summed E-state index contributed by atoms with van der Waals surface area (Å²) in [7, 11) is 0. The number of alkyl halides is 3. The van der Waals surface area contributed by atoms with Gasteiger partial charge in [-0.05, 0) is 35.7 Å². The van der Waals surface area contributed by atoms with E-state index in [1.165, 1.54) is 23.5 Å². The molecule has 0 fully saturated rings. The van der Waals surface area contributed by atoms with E-state index in [0.717, 1.165) is 18.4 Å². The zero-order valence-electron chi connectivity index (χ0n) is 13.2. The monoisotopic (exact) mass is 397 g/mol. The fraction of sp³-hybridized carbons (Fsp3) is 0.0625. The molecule has 2 N–H and O–H groups in total. The summed E-state index contributed by atoms with van der Waals surface area (Å²) in [5.74, 6) is -1.51. The number of anilines is 2. The number of oxazole rings is 1. The minimum absolute atomic E-state index is 0.118. The Bertz CT molecular complexity index is 937. The lowest BCUT2D eigenvalue weighted by Gasteiger charge is -2.09. The summed E-state index contributed by atoms with van der Waals surface area (Å²) in [6, 6.07) is 7.74. The summed E-state index contributed by atoms with van der Waals surface area (Å²) in [6.45, 7) is 0. The van der Waals surface area contributed by atoms with Crippen LogP contribution in [0.5, 0.6) is 5.75 Å². The molecule has 0 atom stereocenters. The van der Waals surface area contributed by atoms with Crippen molar-refractivity contribution in [2.75, 3.05) is 10.6 Å². The van der Waals surface area contributed by atoms with Gasteiger partial charge in [0, 0.05) is 5.69 Å². The summed E-state index contributed by atoms with van der Waals surface area (Å²) in [5.41, 5.74) is 0.105. The van der Waals surface area contributed by atoms with Gasteiger partial charge >= 0.3 is 12.4 Å². The normalized spacial score (nSPS) is 11.1. The molecule has 0 spiro atoms. The highest BCUT2D eigenvalue weighted by molar-refractivity contribution is 7.12. The number of halogens is 3. The van der Waals surface area contributed by atoms with E-state index in [1.54, 1.807) is 17.5 Å². The molecular weight excluding hydrogens is 387 g/mol. The van der Waals surface area contributed by atoms with Crippen molar-refractivity contribution in [2.24, 2.45) is 0 Å². The first-order chi connectivity index (χ1) is 12.8. The Hall–Kier alpha value is -3.34. The van der Waals surface area contributed by atoms with Crippen LogP contribution in [0.25, 0.3) is 0 Å². The largest absolute Gasteiger partial charge is 0.573 e. The Labute approximate surface area is 153 Å². The first-order valence-electron chi connectivity index (χ1n) is 7.28. The average molecular weight is 397 g/mol. The number of amides is 2. The van der Waals surface area contributed by atoms with Crippen LogP contribution in [-0.2, 0) is 0 Å². The molecule has 0 bridgehead atoms. The van der Waals surface area contributed by atoms with Gasteiger partial charge in [-0.25, -0.2) is 0 Å². The number of nitrogens with zero attached hydrogens (tertiary/aromatic N) is 1. The number of aromatic nitrogens is 1. The zero-order valence-corrected chi connectivity index (χ0v) is 14.1. The lowest BCUT2D eigenvalue weighted by Crippen LogP contribution is -2.17. The number of carbonyl (C=O) groups excluding carboxylic acids is 2. The van der Waals surface area contributed by atoms with E-state index in [0.29, 0.717) is 4.88 Å². The van der Waals surface area contributed by atoms with E-state index in [4.69, 9.17) is 4.42 Å². The molecule has 27 heavy (non-hydrogen) atoms. The Balaban J connectivity index is 1.60. The van der Waals surface area contributed by atoms with Gasteiger partial charge in [-0.1, -0.05) is 6.07 Å². The summed E-state index contributed by atoms with van der Waals surface area (Å²) >= 11 is 1.23. The topological polar surface area (TPSA) is 93.5 Å². The van der Waals surface area contributed by atoms with Gasteiger partial charge in [0.25, 0.3) is 11.8 Å². The second kappa shape index (κ2) is 7.50. The van der Waals surface area contributed by atoms with Crippen LogP contribution in [0.15, 0.2) is 52.5 Å². The van der Waals surface area contributed by atoms with Crippen molar-refractivity contribution >= 4 is 34.9 Å². The molecule has 2 aromatic heterocycles. The maximum atomic E-state index is 12.1. The van der Waals surface area contributed by atoms with Crippen molar-refractivity contribution in [1.82, 2.24) is 4.98 Å². The Morgan fingerprint density at radius 2 is 1.81 bits per heavy atom. The molecule has 11 heteroatoms. The van der Waals surface area contributed by atoms with Crippen LogP contribution in [0, 0.1) is 0 Å². The highest BCUT2D eigenvalue weighted by atomic mass is 32.1. The molecule has 0 radical (unpaired) electrons. The highest BCUT2D eigenvalue weighted by Gasteiger charge is 2.31. The van der Waals surface area contributed by atoms with E-state index in [-0.39, 0.29) is 17.4 Å². The summed E-state index contributed by atoms with van der Waals surface area (Å²) in [6.07, 6.45) is -3.75. The van der Waals surface area contributed by atoms with Crippen LogP contribution in [0.1, 0.15) is 20.2 Å². The quantitative estimate of drug-likeness (QED) is 0.675. The van der Waals surface area contributed by atoms with Crippen molar-refractivity contribution in [1.29, 1.82) is 0 Å². The van der Waals surface area contributed by atoms with Crippen molar-refractivity contribution in [3.8, 4) is 5.75 Å². The minimum Gasteiger partial charge on any atom is -0.431 e. The van der Waals surface area contributed by atoms with E-state index >= 15 is 0 Å². The summed E-state index contributed by atoms with van der Waals surface area (Å²) in [5, 5.41) is 6.57. The number of hydrogen-bond acceptors (Lipinski definition) is 6. The molecule has 3 aromatic rings. The van der Waals surface area contributed by atoms with Gasteiger partial charge in [0.2, 0.25) is 0 Å². The van der Waals surface area contributed by atoms with Crippen LogP contribution in [0.4, 0.5) is 24.9 Å². The van der Waals surface area contributed by atoms with Gasteiger partial charge in [-0.15, -0.1) is 24.5 Å². The van der Waals surface area contributed by atoms with Gasteiger partial charge in [0.05, 0.1) is 4.88 Å². The number of ether oxygens (including phenoxy) is 1. The number of thiophene rings is 1. The minimum atomic E-state index is -4.80. The number of carbonyl (C=O) groups is 2. The van der Waals surface area contributed by atoms with Crippen LogP contribution >= 0.6 is 11.3 Å². The van der Waals surface area contributed by atoms with E-state index in [1.807, 2.05) is 0 Å². The maximum Gasteiger partial charge on any atom is 0.573 e. The predicted molar refractivity (Wildman–Crippen MR) is 89.9 cm³/mol. The van der Waals surface area contributed by atoms with Crippen LogP contribution < -0.4 is 15.4 Å². The summed E-state index contributed by atoms with van der Waals surface area (Å²) in [4.78, 5) is 28.3. The van der Waals surface area contributed by atoms with Crippen molar-refractivity contribution < 1.29 is 31.9 Å². The van der Waals surface area contributed by atoms with Gasteiger partial charge in [-0.3, -0.25) is 14.9 Å². The lowest BCUT2D eigenvalue weighted by molar-refractivity contribution is -0.274. The third-order valence-electron chi connectivity index (χ3n) is 3.05. The van der Waals surface area contributed by atoms with Gasteiger partial charge in [-0.2, -0.15) is 4.98 Å². The molecule has 1 aromatic carbocycles. The maximum absolute atomic E-state index is 12.1. The van der Waals surface area contributed by atoms with Gasteiger partial charge in [0.1, 0.15) is 12.0 Å². The number of hydrogen-bond donors (Lipinski definition) is 2. The third kappa shape index (κ3) is 5.07. The van der Waals surface area contributed by atoms with E-state index in [9.17, 15) is 22.8 Å². The van der Waals surface area contributed by atoms with Crippen molar-refractivity contribution in [3.05, 3.63) is 58.6 Å². The van der Waals surface area contributed by atoms with Crippen molar-refractivity contribution in [2.45, 2.75) is 6.36 Å². The highest BCUT2D eigenvalue weighted by Crippen LogP contribution is 2.24. The Kier molecular flexibility index (Phi) is 5.12. The average Bonchev–Trinajstić information content (AvgIpc) is 3.27. The molecular formula is C16H10F3N3O4S. The SMILES string of the molecule is O=C(Nc1ccc(OC(F)(F)F)cc1)c1coc(NC(=O)c2cccs2)n1. The smallest absolute Gasteiger partial charge is 0.431 e. The van der Waals surface area contributed by atoms with Crippen LogP contribution in [-0.4, -0.2) is 23.2 Å². The standard InChI is InChI=1S/C16H10F3N3O4S/c17-16(18,19)26-10-5-3-9(4-6-10)20-13(23)11-8-25-15(21-11)22-14(24)12-2-1-7-27-12/h1-8H,(H,20,23)(H,21,22,24). The molecule has 0 unspecified atom stereocenters. The number of rotatable bonds is 5. The molecule has 2 amide bonds. The molecule has 0 aliphatic carbocycles. The van der Waals surface area contributed by atoms with Crippen LogP contribution in [0.2, 0.25) is 0 Å². The molecule has 0 aliphatic heterocycles.